The van der Waals surface area contributed by atoms with Gasteiger partial charge in [0.05, 0.1) is 37.5 Å². The molecule has 6 atom stereocenters. The Morgan fingerprint density at radius 3 is 1.49 bits per heavy atom. The molecular formula is C34H59NO12. The van der Waals surface area contributed by atoms with Crippen LogP contribution in [0.25, 0.3) is 0 Å². The van der Waals surface area contributed by atoms with Crippen LogP contribution in [0, 0.1) is 23.7 Å². The molecule has 0 fully saturated rings. The van der Waals surface area contributed by atoms with Crippen molar-refractivity contribution in [2.24, 2.45) is 29.4 Å². The molecule has 0 saturated heterocycles. The van der Waals surface area contributed by atoms with E-state index < -0.39 is 85.5 Å². The van der Waals surface area contributed by atoms with E-state index in [4.69, 9.17) is 25.4 Å². The molecule has 13 heteroatoms. The van der Waals surface area contributed by atoms with Gasteiger partial charge in [-0.15, -0.1) is 0 Å². The zero-order chi connectivity index (χ0) is 35.8. The number of hydrogen-bond acceptors (Lipinski definition) is 9. The average molecular weight is 674 g/mol. The largest absolute Gasteiger partial charge is 0.481 e. The second-order valence-corrected chi connectivity index (χ2v) is 12.9. The lowest BCUT2D eigenvalue weighted by Gasteiger charge is -2.33. The molecule has 6 N–H and O–H groups in total. The fourth-order valence-electron chi connectivity index (χ4n) is 5.63. The molecule has 0 aliphatic rings. The number of ether oxygens (including phenoxy) is 2. The van der Waals surface area contributed by atoms with Gasteiger partial charge in [-0.1, -0.05) is 91.4 Å². The number of hydrogen-bond donors (Lipinski definition) is 5. The third-order valence-corrected chi connectivity index (χ3v) is 8.39. The number of carbonyl (C=O) groups excluding carboxylic acids is 2. The van der Waals surface area contributed by atoms with E-state index in [1.54, 1.807) is 0 Å². The van der Waals surface area contributed by atoms with Crippen LogP contribution in [0.5, 0.6) is 0 Å². The molecule has 0 bridgehead atoms. The van der Waals surface area contributed by atoms with Gasteiger partial charge in [0.25, 0.3) is 0 Å². The Kier molecular flexibility index (Phi) is 24.0. The van der Waals surface area contributed by atoms with E-state index in [9.17, 15) is 39.0 Å². The average Bonchev–Trinajstić information content (AvgIpc) is 2.97. The van der Waals surface area contributed by atoms with E-state index in [0.29, 0.717) is 13.0 Å². The maximum atomic E-state index is 13.1. The van der Waals surface area contributed by atoms with Crippen molar-refractivity contribution in [2.75, 3.05) is 6.54 Å². The number of esters is 2. The van der Waals surface area contributed by atoms with Gasteiger partial charge in [-0.3, -0.25) is 28.8 Å². The maximum Gasteiger partial charge on any atom is 0.307 e. The molecule has 13 nitrogen and oxygen atoms in total. The summed E-state index contributed by atoms with van der Waals surface area (Å²) in [6, 6.07) is 0. The topological polar surface area (TPSA) is 228 Å². The van der Waals surface area contributed by atoms with Gasteiger partial charge < -0.3 is 35.6 Å². The molecule has 0 rings (SSSR count). The maximum absolute atomic E-state index is 13.1. The predicted octanol–water partition coefficient (Wildman–Crippen LogP) is 5.65. The van der Waals surface area contributed by atoms with Crippen molar-refractivity contribution in [1.82, 2.24) is 0 Å². The van der Waals surface area contributed by atoms with Crippen molar-refractivity contribution >= 4 is 35.8 Å². The van der Waals surface area contributed by atoms with Crippen LogP contribution in [0.3, 0.4) is 0 Å². The molecule has 0 aliphatic carbocycles. The molecule has 0 aromatic heterocycles. The lowest BCUT2D eigenvalue weighted by atomic mass is 9.87. The summed E-state index contributed by atoms with van der Waals surface area (Å²) in [6.07, 6.45) is 7.97. The van der Waals surface area contributed by atoms with E-state index >= 15 is 0 Å². The summed E-state index contributed by atoms with van der Waals surface area (Å²) in [6.45, 7) is 6.54. The molecule has 0 aromatic carbocycles. The van der Waals surface area contributed by atoms with Gasteiger partial charge in [-0.25, -0.2) is 0 Å². The molecule has 272 valence electrons. The third kappa shape index (κ3) is 22.1. The van der Waals surface area contributed by atoms with Crippen LogP contribution < -0.4 is 5.73 Å². The highest BCUT2D eigenvalue weighted by atomic mass is 16.6. The van der Waals surface area contributed by atoms with Crippen LogP contribution in [-0.2, 0) is 38.2 Å². The van der Waals surface area contributed by atoms with E-state index in [0.717, 1.165) is 77.0 Å². The molecular weight excluding hydrogens is 614 g/mol. The molecule has 0 spiro atoms. The first-order valence-electron chi connectivity index (χ1n) is 17.2. The smallest absolute Gasteiger partial charge is 0.307 e. The molecule has 0 saturated carbocycles. The zero-order valence-corrected chi connectivity index (χ0v) is 28.5. The van der Waals surface area contributed by atoms with E-state index in [1.807, 2.05) is 20.8 Å². The number of rotatable bonds is 30. The summed E-state index contributed by atoms with van der Waals surface area (Å²) in [7, 11) is 0. The highest BCUT2D eigenvalue weighted by Gasteiger charge is 2.36. The third-order valence-electron chi connectivity index (χ3n) is 8.39. The molecule has 0 heterocycles. The molecule has 6 unspecified atom stereocenters. The van der Waals surface area contributed by atoms with Gasteiger partial charge in [0.1, 0.15) is 12.2 Å². The molecule has 0 radical (unpaired) electrons. The molecule has 0 amide bonds. The number of carbonyl (C=O) groups is 6. The summed E-state index contributed by atoms with van der Waals surface area (Å²) in [5.41, 5.74) is 5.54. The lowest BCUT2D eigenvalue weighted by Crippen LogP contribution is -2.42. The Hall–Kier alpha value is -3.22. The highest BCUT2D eigenvalue weighted by molar-refractivity contribution is 5.83. The fourth-order valence-corrected chi connectivity index (χ4v) is 5.63. The van der Waals surface area contributed by atoms with Crippen molar-refractivity contribution in [3.05, 3.63) is 0 Å². The Bertz CT molecular complexity index is 955. The Labute approximate surface area is 278 Å². The van der Waals surface area contributed by atoms with E-state index in [2.05, 4.69) is 0 Å². The first-order valence-corrected chi connectivity index (χ1v) is 17.2. The second-order valence-electron chi connectivity index (χ2n) is 12.9. The monoisotopic (exact) mass is 673 g/mol. The highest BCUT2D eigenvalue weighted by Crippen LogP contribution is 2.29. The van der Waals surface area contributed by atoms with Gasteiger partial charge >= 0.3 is 35.8 Å². The van der Waals surface area contributed by atoms with Crippen molar-refractivity contribution in [3.8, 4) is 0 Å². The van der Waals surface area contributed by atoms with Crippen molar-refractivity contribution in [2.45, 2.75) is 149 Å². The minimum atomic E-state index is -1.51. The molecule has 0 aromatic rings. The summed E-state index contributed by atoms with van der Waals surface area (Å²) in [5.74, 6) is -10.9. The summed E-state index contributed by atoms with van der Waals surface area (Å²) in [5, 5.41) is 37.1. The van der Waals surface area contributed by atoms with Gasteiger partial charge in [0, 0.05) is 0 Å². The Morgan fingerprint density at radius 1 is 0.596 bits per heavy atom. The normalized spacial score (nSPS) is 15.1. The number of carboxylic acids is 4. The van der Waals surface area contributed by atoms with Crippen molar-refractivity contribution in [3.63, 3.8) is 0 Å². The number of aliphatic carboxylic acids is 4. The zero-order valence-electron chi connectivity index (χ0n) is 28.5. The number of nitrogens with two attached hydrogens (primary N) is 1. The first-order chi connectivity index (χ1) is 22.2. The fraction of sp³-hybridized carbons (Fsp3) is 0.824. The van der Waals surface area contributed by atoms with E-state index in [1.165, 1.54) is 0 Å². The number of carboxylic acid groups (broad SMARTS) is 4. The summed E-state index contributed by atoms with van der Waals surface area (Å²) in [4.78, 5) is 71.7. The Morgan fingerprint density at radius 2 is 1.04 bits per heavy atom. The minimum absolute atomic E-state index is 0.00877. The van der Waals surface area contributed by atoms with Crippen LogP contribution in [0.2, 0.25) is 0 Å². The number of unbranched alkanes of at least 4 members (excludes halogenated alkanes) is 9. The van der Waals surface area contributed by atoms with Gasteiger partial charge in [-0.05, 0) is 37.6 Å². The van der Waals surface area contributed by atoms with Crippen molar-refractivity contribution < 1.29 is 58.7 Å². The SMILES string of the molecule is CCCCCC(C)C(OC(=O)CC(CC(=O)O)C(=O)O)C(CC(C)CCCCCCCCCCN)OC(=O)CC(CC(=O)O)C(=O)O. The quantitative estimate of drug-likeness (QED) is 0.0459. The van der Waals surface area contributed by atoms with Crippen LogP contribution in [-0.4, -0.2) is 75.0 Å². The summed E-state index contributed by atoms with van der Waals surface area (Å²) >= 11 is 0. The van der Waals surface area contributed by atoms with Gasteiger partial charge in [0.15, 0.2) is 0 Å². The minimum Gasteiger partial charge on any atom is -0.481 e. The lowest BCUT2D eigenvalue weighted by molar-refractivity contribution is -0.177. The van der Waals surface area contributed by atoms with Crippen LogP contribution in [0.15, 0.2) is 0 Å². The first kappa shape index (κ1) is 43.8. The second kappa shape index (κ2) is 25.8. The predicted molar refractivity (Wildman–Crippen MR) is 173 cm³/mol. The summed E-state index contributed by atoms with van der Waals surface area (Å²) < 4.78 is 11.6. The van der Waals surface area contributed by atoms with Crippen LogP contribution in [0.4, 0.5) is 0 Å². The van der Waals surface area contributed by atoms with Crippen LogP contribution in [0.1, 0.15) is 136 Å². The Balaban J connectivity index is 5.92. The van der Waals surface area contributed by atoms with Crippen LogP contribution >= 0.6 is 0 Å². The van der Waals surface area contributed by atoms with Gasteiger partial charge in [0.2, 0.25) is 0 Å². The van der Waals surface area contributed by atoms with E-state index in [-0.39, 0.29) is 18.3 Å². The molecule has 0 aliphatic heterocycles. The standard InChI is InChI=1S/C34H59NO12/c1-4-5-12-16-24(3)32(47-31(41)22-26(34(44)45)20-29(38)39)27(46-30(40)21-25(33(42)43)19-28(36)37)18-23(2)15-13-10-8-6-7-9-11-14-17-35/h23-27,32H,4-22,35H2,1-3H3,(H,36,37)(H,38,39)(H,42,43)(H,44,45). The van der Waals surface area contributed by atoms with Gasteiger partial charge in [-0.2, -0.15) is 0 Å². The van der Waals surface area contributed by atoms with Crippen molar-refractivity contribution in [1.29, 1.82) is 0 Å². The molecule has 47 heavy (non-hydrogen) atoms.